The minimum atomic E-state index is -0.393. The zero-order valence-corrected chi connectivity index (χ0v) is 15.2. The van der Waals surface area contributed by atoms with E-state index in [1.807, 2.05) is 0 Å². The molecule has 1 atom stereocenters. The number of rotatable bonds is 1. The fourth-order valence-electron chi connectivity index (χ4n) is 5.54. The van der Waals surface area contributed by atoms with Gasteiger partial charge in [-0.3, -0.25) is 0 Å². The monoisotopic (exact) mass is 338 g/mol. The molecule has 0 saturated carbocycles. The van der Waals surface area contributed by atoms with Gasteiger partial charge in [-0.15, -0.1) is 0 Å². The molecule has 1 aliphatic heterocycles. The number of allylic oxidation sites excluding steroid dienone is 3. The van der Waals surface area contributed by atoms with Crippen LogP contribution >= 0.6 is 0 Å². The second-order valence-electron chi connectivity index (χ2n) is 7.92. The van der Waals surface area contributed by atoms with Gasteiger partial charge in [-0.05, 0) is 72.1 Å². The largest absolute Gasteiger partial charge is 0.497 e. The fourth-order valence-corrected chi connectivity index (χ4v) is 5.54. The number of fused-ring (bicyclic) bond motifs is 5. The van der Waals surface area contributed by atoms with Gasteiger partial charge in [0.05, 0.1) is 20.3 Å². The minimum Gasteiger partial charge on any atom is -0.497 e. The smallest absolute Gasteiger partial charge is 0.178 e. The van der Waals surface area contributed by atoms with Gasteiger partial charge in [-0.1, -0.05) is 19.1 Å². The summed E-state index contributed by atoms with van der Waals surface area (Å²) in [6.07, 6.45) is 8.93. The molecule has 3 aliphatic carbocycles. The molecule has 4 aliphatic rings. The lowest BCUT2D eigenvalue weighted by Crippen LogP contribution is -2.52. The SMILES string of the molecule is COc1ccc2c(c1)CCC1=C2CCC2(C)C1=CCCC21OCCO1. The molecule has 3 heteroatoms. The molecule has 132 valence electrons. The van der Waals surface area contributed by atoms with Crippen LogP contribution < -0.4 is 4.74 Å². The van der Waals surface area contributed by atoms with Crippen molar-refractivity contribution in [1.29, 1.82) is 0 Å². The van der Waals surface area contributed by atoms with Gasteiger partial charge in [0.15, 0.2) is 5.79 Å². The van der Waals surface area contributed by atoms with Gasteiger partial charge >= 0.3 is 0 Å². The number of hydrogen-bond donors (Lipinski definition) is 0. The fraction of sp³-hybridized carbons (Fsp3) is 0.545. The van der Waals surface area contributed by atoms with Crippen LogP contribution in [0, 0.1) is 5.41 Å². The molecule has 1 saturated heterocycles. The van der Waals surface area contributed by atoms with Gasteiger partial charge in [0.1, 0.15) is 5.75 Å². The molecule has 0 radical (unpaired) electrons. The maximum absolute atomic E-state index is 6.23. The first kappa shape index (κ1) is 15.7. The van der Waals surface area contributed by atoms with Gasteiger partial charge in [-0.25, -0.2) is 0 Å². The number of aryl methyl sites for hydroxylation is 1. The minimum absolute atomic E-state index is 0.00937. The summed E-state index contributed by atoms with van der Waals surface area (Å²) in [6.45, 7) is 3.84. The molecule has 0 amide bonds. The lowest BCUT2D eigenvalue weighted by Gasteiger charge is -2.52. The second kappa shape index (κ2) is 5.46. The molecule has 3 nitrogen and oxygen atoms in total. The zero-order chi connectivity index (χ0) is 17.1. The molecule has 1 aromatic rings. The third-order valence-corrected chi connectivity index (χ3v) is 6.86. The van der Waals surface area contributed by atoms with E-state index >= 15 is 0 Å². The summed E-state index contributed by atoms with van der Waals surface area (Å²) in [4.78, 5) is 0. The van der Waals surface area contributed by atoms with Crippen molar-refractivity contribution < 1.29 is 14.2 Å². The van der Waals surface area contributed by atoms with E-state index in [1.165, 1.54) is 16.7 Å². The Hall–Kier alpha value is -1.58. The molecule has 0 N–H and O–H groups in total. The van der Waals surface area contributed by atoms with Crippen molar-refractivity contribution in [3.8, 4) is 5.75 Å². The molecular weight excluding hydrogens is 312 g/mol. The van der Waals surface area contributed by atoms with E-state index in [-0.39, 0.29) is 5.41 Å². The lowest BCUT2D eigenvalue weighted by atomic mass is 9.58. The normalized spacial score (nSPS) is 29.8. The van der Waals surface area contributed by atoms with Crippen molar-refractivity contribution in [2.24, 2.45) is 5.41 Å². The Morgan fingerprint density at radius 2 is 1.84 bits per heavy atom. The van der Waals surface area contributed by atoms with Crippen molar-refractivity contribution in [2.75, 3.05) is 20.3 Å². The third-order valence-electron chi connectivity index (χ3n) is 6.86. The Morgan fingerprint density at radius 1 is 1.00 bits per heavy atom. The maximum Gasteiger partial charge on any atom is 0.178 e. The molecule has 25 heavy (non-hydrogen) atoms. The van der Waals surface area contributed by atoms with Crippen LogP contribution in [0.1, 0.15) is 50.2 Å². The highest BCUT2D eigenvalue weighted by atomic mass is 16.7. The van der Waals surface area contributed by atoms with Crippen LogP contribution in [0.2, 0.25) is 0 Å². The summed E-state index contributed by atoms with van der Waals surface area (Å²) in [6, 6.07) is 6.57. The summed E-state index contributed by atoms with van der Waals surface area (Å²) < 4.78 is 17.9. The van der Waals surface area contributed by atoms with Crippen LogP contribution in [0.3, 0.4) is 0 Å². The van der Waals surface area contributed by atoms with Crippen LogP contribution in [0.5, 0.6) is 5.75 Å². The molecule has 1 fully saturated rings. The van der Waals surface area contributed by atoms with Gasteiger partial charge in [-0.2, -0.15) is 0 Å². The predicted octanol–water partition coefficient (Wildman–Crippen LogP) is 4.66. The number of hydrogen-bond acceptors (Lipinski definition) is 3. The van der Waals surface area contributed by atoms with Crippen LogP contribution in [-0.2, 0) is 15.9 Å². The average Bonchev–Trinajstić information content (AvgIpc) is 3.12. The first-order valence-corrected chi connectivity index (χ1v) is 9.55. The number of methoxy groups -OCH3 is 1. The molecular formula is C22H26O3. The van der Waals surface area contributed by atoms with Crippen molar-refractivity contribution in [2.45, 2.75) is 51.2 Å². The zero-order valence-electron chi connectivity index (χ0n) is 15.2. The quantitative estimate of drug-likeness (QED) is 0.745. The van der Waals surface area contributed by atoms with Gasteiger partial charge in [0, 0.05) is 11.8 Å². The van der Waals surface area contributed by atoms with Gasteiger partial charge < -0.3 is 14.2 Å². The van der Waals surface area contributed by atoms with Crippen molar-refractivity contribution in [3.05, 3.63) is 46.5 Å². The summed E-state index contributed by atoms with van der Waals surface area (Å²) in [7, 11) is 1.75. The lowest BCUT2D eigenvalue weighted by molar-refractivity contribution is -0.230. The van der Waals surface area contributed by atoms with E-state index < -0.39 is 5.79 Å². The average molecular weight is 338 g/mol. The van der Waals surface area contributed by atoms with Crippen LogP contribution in [0.25, 0.3) is 5.57 Å². The van der Waals surface area contributed by atoms with E-state index in [1.54, 1.807) is 18.3 Å². The van der Waals surface area contributed by atoms with Gasteiger partial charge in [0.25, 0.3) is 0 Å². The predicted molar refractivity (Wildman–Crippen MR) is 97.5 cm³/mol. The Morgan fingerprint density at radius 3 is 2.64 bits per heavy atom. The van der Waals surface area contributed by atoms with Crippen molar-refractivity contribution in [3.63, 3.8) is 0 Å². The maximum atomic E-state index is 6.23. The van der Waals surface area contributed by atoms with E-state index in [0.717, 1.165) is 57.5 Å². The Bertz CT molecular complexity index is 782. The molecule has 1 heterocycles. The third kappa shape index (κ3) is 2.06. The standard InChI is InChI=1S/C22H26O3/c1-21-11-9-18-17-8-6-16(23-2)14-15(17)5-7-19(18)20(21)4-3-10-22(21)24-12-13-25-22/h4,6,8,14H,3,5,7,9-13H2,1-2H3. The highest BCUT2D eigenvalue weighted by molar-refractivity contribution is 5.79. The molecule has 1 spiro atoms. The molecule has 0 bridgehead atoms. The topological polar surface area (TPSA) is 27.7 Å². The van der Waals surface area contributed by atoms with E-state index in [4.69, 9.17) is 14.2 Å². The Balaban J connectivity index is 1.62. The summed E-state index contributed by atoms with van der Waals surface area (Å²) in [5, 5.41) is 0. The van der Waals surface area contributed by atoms with Crippen LogP contribution in [0.15, 0.2) is 35.4 Å². The van der Waals surface area contributed by atoms with E-state index in [2.05, 4.69) is 31.2 Å². The molecule has 1 unspecified atom stereocenters. The summed E-state index contributed by atoms with van der Waals surface area (Å²) in [5.74, 6) is 0.572. The van der Waals surface area contributed by atoms with Crippen molar-refractivity contribution >= 4 is 5.57 Å². The highest BCUT2D eigenvalue weighted by Gasteiger charge is 2.57. The van der Waals surface area contributed by atoms with E-state index in [9.17, 15) is 0 Å². The first-order valence-electron chi connectivity index (χ1n) is 9.55. The molecule has 0 aromatic heterocycles. The molecule has 1 aromatic carbocycles. The summed E-state index contributed by atoms with van der Waals surface area (Å²) in [5.41, 5.74) is 7.46. The van der Waals surface area contributed by atoms with Crippen LogP contribution in [-0.4, -0.2) is 26.1 Å². The Kier molecular flexibility index (Phi) is 3.42. The summed E-state index contributed by atoms with van der Waals surface area (Å²) >= 11 is 0. The van der Waals surface area contributed by atoms with E-state index in [0.29, 0.717) is 0 Å². The van der Waals surface area contributed by atoms with Crippen LogP contribution in [0.4, 0.5) is 0 Å². The highest BCUT2D eigenvalue weighted by Crippen LogP contribution is 2.60. The first-order chi connectivity index (χ1) is 12.2. The van der Waals surface area contributed by atoms with Crippen molar-refractivity contribution in [1.82, 2.24) is 0 Å². The number of ether oxygens (including phenoxy) is 3. The second-order valence-corrected chi connectivity index (χ2v) is 7.92. The molecule has 5 rings (SSSR count). The number of benzene rings is 1. The van der Waals surface area contributed by atoms with Gasteiger partial charge in [0.2, 0.25) is 0 Å². The Labute approximate surface area is 149 Å².